The smallest absolute Gasteiger partial charge is 0.321 e. The highest BCUT2D eigenvalue weighted by atomic mass is 19.1. The largest absolute Gasteiger partial charge is 0.494 e. The van der Waals surface area contributed by atoms with Gasteiger partial charge in [0, 0.05) is 30.5 Å². The van der Waals surface area contributed by atoms with Crippen LogP contribution in [0.1, 0.15) is 12.8 Å². The van der Waals surface area contributed by atoms with Crippen LogP contribution < -0.4 is 15.4 Å². The second-order valence-electron chi connectivity index (χ2n) is 6.42. The summed E-state index contributed by atoms with van der Waals surface area (Å²) < 4.78 is 18.7. The Balaban J connectivity index is 1.59. The number of nitrogens with zero attached hydrogens (tertiary/aromatic N) is 1. The Hall–Kier alpha value is -3.09. The van der Waals surface area contributed by atoms with Crippen LogP contribution >= 0.6 is 0 Å². The first-order valence-electron chi connectivity index (χ1n) is 8.82. The zero-order valence-corrected chi connectivity index (χ0v) is 15.1. The number of amides is 3. The predicted molar refractivity (Wildman–Crippen MR) is 101 cm³/mol. The first kappa shape index (κ1) is 18.7. The normalized spacial score (nSPS) is 16.5. The molecule has 0 spiro atoms. The number of nitrogens with one attached hydrogen (secondary N) is 2. The highest BCUT2D eigenvalue weighted by Crippen LogP contribution is 2.23. The summed E-state index contributed by atoms with van der Waals surface area (Å²) in [6, 6.07) is 13.2. The average Bonchev–Trinajstić information content (AvgIpc) is 2.69. The van der Waals surface area contributed by atoms with Crippen molar-refractivity contribution < 1.29 is 18.7 Å². The van der Waals surface area contributed by atoms with Gasteiger partial charge in [0.15, 0.2) is 11.6 Å². The molecule has 3 amide bonds. The maximum Gasteiger partial charge on any atom is 0.321 e. The van der Waals surface area contributed by atoms with Crippen molar-refractivity contribution in [2.45, 2.75) is 12.8 Å². The number of para-hydroxylation sites is 1. The maximum absolute atomic E-state index is 13.8. The molecule has 2 aromatic carbocycles. The lowest BCUT2D eigenvalue weighted by Gasteiger charge is -2.32. The minimum atomic E-state index is -0.539. The molecule has 27 heavy (non-hydrogen) atoms. The molecule has 0 bridgehead atoms. The van der Waals surface area contributed by atoms with E-state index in [0.717, 1.165) is 6.42 Å². The number of hydrogen-bond acceptors (Lipinski definition) is 3. The second-order valence-corrected chi connectivity index (χ2v) is 6.42. The van der Waals surface area contributed by atoms with E-state index < -0.39 is 5.82 Å². The van der Waals surface area contributed by atoms with E-state index in [1.807, 2.05) is 30.3 Å². The van der Waals surface area contributed by atoms with Gasteiger partial charge in [-0.2, -0.15) is 0 Å². The van der Waals surface area contributed by atoms with Crippen molar-refractivity contribution in [1.82, 2.24) is 4.90 Å². The minimum Gasteiger partial charge on any atom is -0.494 e. The lowest BCUT2D eigenvalue weighted by molar-refractivity contribution is -0.121. The van der Waals surface area contributed by atoms with Gasteiger partial charge in [-0.3, -0.25) is 4.79 Å². The Labute approximate surface area is 157 Å². The number of anilines is 2. The number of likely N-dealkylation sites (tertiary alicyclic amines) is 1. The SMILES string of the molecule is COc1ccc(NC(=O)C2CCCN(C(=O)Nc3ccccc3)C2)cc1F. The van der Waals surface area contributed by atoms with E-state index in [1.165, 1.54) is 19.2 Å². The first-order chi connectivity index (χ1) is 13.1. The van der Waals surface area contributed by atoms with Crippen molar-refractivity contribution in [2.75, 3.05) is 30.8 Å². The van der Waals surface area contributed by atoms with Gasteiger partial charge < -0.3 is 20.3 Å². The summed E-state index contributed by atoms with van der Waals surface area (Å²) in [5.41, 5.74) is 1.08. The lowest BCUT2D eigenvalue weighted by atomic mass is 9.97. The third-order valence-corrected chi connectivity index (χ3v) is 4.52. The molecular formula is C20H22FN3O3. The van der Waals surface area contributed by atoms with Gasteiger partial charge in [0.1, 0.15) is 0 Å². The quantitative estimate of drug-likeness (QED) is 0.861. The number of ether oxygens (including phenoxy) is 1. The Morgan fingerprint density at radius 2 is 1.89 bits per heavy atom. The van der Waals surface area contributed by atoms with Gasteiger partial charge in [-0.15, -0.1) is 0 Å². The van der Waals surface area contributed by atoms with Gasteiger partial charge in [-0.1, -0.05) is 18.2 Å². The summed E-state index contributed by atoms with van der Waals surface area (Å²) in [6.45, 7) is 0.919. The van der Waals surface area contributed by atoms with E-state index in [9.17, 15) is 14.0 Å². The van der Waals surface area contributed by atoms with Crippen molar-refractivity contribution in [3.63, 3.8) is 0 Å². The fourth-order valence-corrected chi connectivity index (χ4v) is 3.09. The summed E-state index contributed by atoms with van der Waals surface area (Å²) >= 11 is 0. The molecule has 1 heterocycles. The first-order valence-corrected chi connectivity index (χ1v) is 8.82. The van der Waals surface area contributed by atoms with Crippen LogP contribution in [-0.4, -0.2) is 37.0 Å². The van der Waals surface area contributed by atoms with Crippen molar-refractivity contribution in [2.24, 2.45) is 5.92 Å². The Morgan fingerprint density at radius 1 is 1.11 bits per heavy atom. The van der Waals surface area contributed by atoms with E-state index >= 15 is 0 Å². The van der Waals surface area contributed by atoms with Gasteiger partial charge in [0.2, 0.25) is 5.91 Å². The molecule has 1 saturated heterocycles. The number of carbonyl (C=O) groups is 2. The van der Waals surface area contributed by atoms with Crippen LogP contribution in [0.3, 0.4) is 0 Å². The zero-order valence-electron chi connectivity index (χ0n) is 15.1. The highest BCUT2D eigenvalue weighted by Gasteiger charge is 2.28. The molecule has 1 atom stereocenters. The zero-order chi connectivity index (χ0) is 19.2. The Morgan fingerprint density at radius 3 is 2.59 bits per heavy atom. The van der Waals surface area contributed by atoms with E-state index in [-0.39, 0.29) is 23.6 Å². The van der Waals surface area contributed by atoms with Crippen LogP contribution in [0.25, 0.3) is 0 Å². The van der Waals surface area contributed by atoms with Crippen molar-refractivity contribution in [1.29, 1.82) is 0 Å². The van der Waals surface area contributed by atoms with E-state index in [0.29, 0.717) is 30.9 Å². The molecule has 7 heteroatoms. The monoisotopic (exact) mass is 371 g/mol. The summed E-state index contributed by atoms with van der Waals surface area (Å²) in [5, 5.41) is 5.55. The lowest BCUT2D eigenvalue weighted by Crippen LogP contribution is -2.45. The van der Waals surface area contributed by atoms with Crippen LogP contribution in [-0.2, 0) is 4.79 Å². The van der Waals surface area contributed by atoms with E-state index in [4.69, 9.17) is 4.74 Å². The molecule has 3 rings (SSSR count). The third-order valence-electron chi connectivity index (χ3n) is 4.52. The maximum atomic E-state index is 13.8. The number of carbonyl (C=O) groups excluding carboxylic acids is 2. The third kappa shape index (κ3) is 4.75. The fraction of sp³-hybridized carbons (Fsp3) is 0.300. The molecule has 1 fully saturated rings. The van der Waals surface area contributed by atoms with E-state index in [2.05, 4.69) is 10.6 Å². The topological polar surface area (TPSA) is 70.7 Å². The molecule has 1 aliphatic heterocycles. The Kier molecular flexibility index (Phi) is 5.90. The van der Waals surface area contributed by atoms with Crippen LogP contribution in [0.2, 0.25) is 0 Å². The minimum absolute atomic E-state index is 0.120. The van der Waals surface area contributed by atoms with Crippen molar-refractivity contribution in [3.05, 3.63) is 54.3 Å². The van der Waals surface area contributed by atoms with Crippen molar-refractivity contribution in [3.8, 4) is 5.75 Å². The van der Waals surface area contributed by atoms with Gasteiger partial charge in [-0.05, 0) is 37.1 Å². The van der Waals surface area contributed by atoms with Crippen LogP contribution in [0.15, 0.2) is 48.5 Å². The summed E-state index contributed by atoms with van der Waals surface area (Å²) in [7, 11) is 1.38. The number of hydrogen-bond donors (Lipinski definition) is 2. The number of methoxy groups -OCH3 is 1. The van der Waals surface area contributed by atoms with Crippen LogP contribution in [0.4, 0.5) is 20.6 Å². The standard InChI is InChI=1S/C20H22FN3O3/c1-27-18-10-9-16(12-17(18)21)22-19(25)14-6-5-11-24(13-14)20(26)23-15-7-3-2-4-8-15/h2-4,7-10,12,14H,5-6,11,13H2,1H3,(H,22,25)(H,23,26). The molecular weight excluding hydrogens is 349 g/mol. The number of benzene rings is 2. The molecule has 0 aliphatic carbocycles. The van der Waals surface area contributed by atoms with Crippen LogP contribution in [0.5, 0.6) is 5.75 Å². The number of halogens is 1. The van der Waals surface area contributed by atoms with Gasteiger partial charge in [-0.25, -0.2) is 9.18 Å². The molecule has 2 aromatic rings. The number of rotatable bonds is 4. The predicted octanol–water partition coefficient (Wildman–Crippen LogP) is 3.72. The average molecular weight is 371 g/mol. The molecule has 142 valence electrons. The van der Waals surface area contributed by atoms with Gasteiger partial charge in [0.25, 0.3) is 0 Å². The molecule has 1 unspecified atom stereocenters. The molecule has 0 saturated carbocycles. The molecule has 2 N–H and O–H groups in total. The second kappa shape index (κ2) is 8.53. The highest BCUT2D eigenvalue weighted by molar-refractivity contribution is 5.94. The molecule has 0 radical (unpaired) electrons. The Bertz CT molecular complexity index is 813. The molecule has 0 aromatic heterocycles. The molecule has 1 aliphatic rings. The summed E-state index contributed by atoms with van der Waals surface area (Å²) in [6.07, 6.45) is 1.41. The van der Waals surface area contributed by atoms with Gasteiger partial charge >= 0.3 is 6.03 Å². The summed E-state index contributed by atoms with van der Waals surface area (Å²) in [5.74, 6) is -0.987. The number of urea groups is 1. The van der Waals surface area contributed by atoms with Crippen LogP contribution in [0, 0.1) is 11.7 Å². The molecule has 6 nitrogen and oxygen atoms in total. The summed E-state index contributed by atoms with van der Waals surface area (Å²) in [4.78, 5) is 26.6. The fourth-order valence-electron chi connectivity index (χ4n) is 3.09. The van der Waals surface area contributed by atoms with Crippen molar-refractivity contribution >= 4 is 23.3 Å². The number of piperidine rings is 1. The van der Waals surface area contributed by atoms with E-state index in [1.54, 1.807) is 11.0 Å². The van der Waals surface area contributed by atoms with Gasteiger partial charge in [0.05, 0.1) is 13.0 Å².